The van der Waals surface area contributed by atoms with Gasteiger partial charge in [0.05, 0.1) is 19.4 Å². The standard InChI is InChI=1S/C8H12N2O2/c1-9-6-8(11)10-5-7-3-2-4-12-7/h2-4,9H,5-6H2,1H3,(H,10,11). The highest BCUT2D eigenvalue weighted by molar-refractivity contribution is 5.77. The summed E-state index contributed by atoms with van der Waals surface area (Å²) in [7, 11) is 1.73. The van der Waals surface area contributed by atoms with Crippen molar-refractivity contribution in [2.45, 2.75) is 6.54 Å². The molecule has 0 aromatic carbocycles. The fourth-order valence-electron chi connectivity index (χ4n) is 0.822. The highest BCUT2D eigenvalue weighted by Crippen LogP contribution is 1.97. The lowest BCUT2D eigenvalue weighted by molar-refractivity contribution is -0.120. The number of carbonyl (C=O) groups is 1. The molecule has 12 heavy (non-hydrogen) atoms. The summed E-state index contributed by atoms with van der Waals surface area (Å²) >= 11 is 0. The van der Waals surface area contributed by atoms with Crippen molar-refractivity contribution in [1.82, 2.24) is 10.6 Å². The molecule has 1 rings (SSSR count). The lowest BCUT2D eigenvalue weighted by Crippen LogP contribution is -2.31. The fourth-order valence-corrected chi connectivity index (χ4v) is 0.822. The van der Waals surface area contributed by atoms with Crippen molar-refractivity contribution in [3.05, 3.63) is 24.2 Å². The van der Waals surface area contributed by atoms with E-state index in [2.05, 4.69) is 10.6 Å². The van der Waals surface area contributed by atoms with Gasteiger partial charge in [0.2, 0.25) is 5.91 Å². The molecule has 0 atom stereocenters. The van der Waals surface area contributed by atoms with Crippen LogP contribution in [0.3, 0.4) is 0 Å². The summed E-state index contributed by atoms with van der Waals surface area (Å²) in [5.74, 6) is 0.730. The van der Waals surface area contributed by atoms with E-state index < -0.39 is 0 Å². The molecule has 0 spiro atoms. The van der Waals surface area contributed by atoms with Crippen LogP contribution >= 0.6 is 0 Å². The van der Waals surface area contributed by atoms with Crippen LogP contribution in [0, 0.1) is 0 Å². The first kappa shape index (κ1) is 8.80. The number of nitrogens with one attached hydrogen (secondary N) is 2. The average Bonchev–Trinajstić information content (AvgIpc) is 2.53. The molecule has 2 N–H and O–H groups in total. The Morgan fingerprint density at radius 3 is 3.08 bits per heavy atom. The molecular formula is C8H12N2O2. The summed E-state index contributed by atoms with van der Waals surface area (Å²) < 4.78 is 5.03. The zero-order valence-corrected chi connectivity index (χ0v) is 6.96. The minimum Gasteiger partial charge on any atom is -0.467 e. The van der Waals surface area contributed by atoms with Gasteiger partial charge in [0, 0.05) is 0 Å². The minimum absolute atomic E-state index is 0.0334. The predicted molar refractivity (Wildman–Crippen MR) is 44.5 cm³/mol. The van der Waals surface area contributed by atoms with E-state index in [1.807, 2.05) is 6.07 Å². The summed E-state index contributed by atoms with van der Waals surface area (Å²) in [5.41, 5.74) is 0. The Balaban J connectivity index is 2.22. The second-order valence-electron chi connectivity index (χ2n) is 2.39. The van der Waals surface area contributed by atoms with E-state index >= 15 is 0 Å². The Hall–Kier alpha value is -1.29. The molecule has 1 amide bonds. The quantitative estimate of drug-likeness (QED) is 0.671. The topological polar surface area (TPSA) is 54.3 Å². The third kappa shape index (κ3) is 2.75. The first-order chi connectivity index (χ1) is 5.83. The van der Waals surface area contributed by atoms with Crippen molar-refractivity contribution in [2.24, 2.45) is 0 Å². The number of likely N-dealkylation sites (N-methyl/N-ethyl adjacent to an activating group) is 1. The smallest absolute Gasteiger partial charge is 0.234 e. The second-order valence-corrected chi connectivity index (χ2v) is 2.39. The summed E-state index contributed by atoms with van der Waals surface area (Å²) in [6, 6.07) is 3.61. The van der Waals surface area contributed by atoms with E-state index in [4.69, 9.17) is 4.42 Å². The fraction of sp³-hybridized carbons (Fsp3) is 0.375. The summed E-state index contributed by atoms with van der Waals surface area (Å²) in [6.45, 7) is 0.786. The minimum atomic E-state index is -0.0334. The maximum Gasteiger partial charge on any atom is 0.234 e. The third-order valence-corrected chi connectivity index (χ3v) is 1.38. The third-order valence-electron chi connectivity index (χ3n) is 1.38. The molecule has 66 valence electrons. The van der Waals surface area contributed by atoms with Crippen LogP contribution in [0.4, 0.5) is 0 Å². The SMILES string of the molecule is CNCC(=O)NCc1ccco1. The molecule has 1 heterocycles. The molecule has 4 heteroatoms. The highest BCUT2D eigenvalue weighted by atomic mass is 16.3. The van der Waals surface area contributed by atoms with Crippen molar-refractivity contribution in [1.29, 1.82) is 0 Å². The van der Waals surface area contributed by atoms with Gasteiger partial charge >= 0.3 is 0 Å². The van der Waals surface area contributed by atoms with Crippen LogP contribution < -0.4 is 10.6 Å². The molecule has 0 aliphatic rings. The molecule has 4 nitrogen and oxygen atoms in total. The normalized spacial score (nSPS) is 9.75. The van der Waals surface area contributed by atoms with Gasteiger partial charge in [-0.1, -0.05) is 0 Å². The van der Waals surface area contributed by atoms with Crippen molar-refractivity contribution < 1.29 is 9.21 Å². The van der Waals surface area contributed by atoms with Gasteiger partial charge in [-0.25, -0.2) is 0 Å². The van der Waals surface area contributed by atoms with E-state index in [0.29, 0.717) is 13.1 Å². The number of hydrogen-bond acceptors (Lipinski definition) is 3. The molecule has 0 saturated heterocycles. The van der Waals surface area contributed by atoms with Crippen LogP contribution in [0.15, 0.2) is 22.8 Å². The van der Waals surface area contributed by atoms with Crippen LogP contribution in [0.25, 0.3) is 0 Å². The van der Waals surface area contributed by atoms with E-state index in [1.54, 1.807) is 19.4 Å². The summed E-state index contributed by atoms with van der Waals surface area (Å²) in [4.78, 5) is 10.9. The monoisotopic (exact) mass is 168 g/mol. The molecular weight excluding hydrogens is 156 g/mol. The molecule has 1 aromatic heterocycles. The van der Waals surface area contributed by atoms with Crippen LogP contribution in [0.2, 0.25) is 0 Å². The van der Waals surface area contributed by atoms with E-state index in [0.717, 1.165) is 5.76 Å². The second kappa shape index (κ2) is 4.56. The van der Waals surface area contributed by atoms with Crippen LogP contribution in [0.1, 0.15) is 5.76 Å². The molecule has 0 fully saturated rings. The Morgan fingerprint density at radius 2 is 2.50 bits per heavy atom. The van der Waals surface area contributed by atoms with E-state index in [9.17, 15) is 4.79 Å². The van der Waals surface area contributed by atoms with Crippen LogP contribution in [-0.4, -0.2) is 19.5 Å². The average molecular weight is 168 g/mol. The van der Waals surface area contributed by atoms with Gasteiger partial charge < -0.3 is 15.1 Å². The zero-order valence-electron chi connectivity index (χ0n) is 6.96. The number of furan rings is 1. The Morgan fingerprint density at radius 1 is 1.67 bits per heavy atom. The van der Waals surface area contributed by atoms with E-state index in [-0.39, 0.29) is 5.91 Å². The van der Waals surface area contributed by atoms with Gasteiger partial charge in [0.25, 0.3) is 0 Å². The number of hydrogen-bond donors (Lipinski definition) is 2. The molecule has 0 radical (unpaired) electrons. The Labute approximate surface area is 70.9 Å². The first-order valence-corrected chi connectivity index (χ1v) is 3.76. The van der Waals surface area contributed by atoms with Gasteiger partial charge in [-0.05, 0) is 19.2 Å². The largest absolute Gasteiger partial charge is 0.467 e. The van der Waals surface area contributed by atoms with Gasteiger partial charge in [0.1, 0.15) is 5.76 Å². The van der Waals surface area contributed by atoms with Gasteiger partial charge in [-0.3, -0.25) is 4.79 Å². The number of carbonyl (C=O) groups excluding carboxylic acids is 1. The van der Waals surface area contributed by atoms with Crippen molar-refractivity contribution in [3.63, 3.8) is 0 Å². The Bertz CT molecular complexity index is 231. The van der Waals surface area contributed by atoms with Gasteiger partial charge in [-0.2, -0.15) is 0 Å². The van der Waals surface area contributed by atoms with Crippen LogP contribution in [-0.2, 0) is 11.3 Å². The molecule has 0 aliphatic heterocycles. The molecule has 1 aromatic rings. The maximum absolute atomic E-state index is 10.9. The molecule has 0 aliphatic carbocycles. The van der Waals surface area contributed by atoms with Crippen molar-refractivity contribution >= 4 is 5.91 Å². The lowest BCUT2D eigenvalue weighted by Gasteiger charge is -2.01. The Kier molecular flexibility index (Phi) is 3.35. The first-order valence-electron chi connectivity index (χ1n) is 3.76. The summed E-state index contributed by atoms with van der Waals surface area (Å²) in [5, 5.41) is 5.45. The van der Waals surface area contributed by atoms with Crippen LogP contribution in [0.5, 0.6) is 0 Å². The lowest BCUT2D eigenvalue weighted by atomic mass is 10.4. The molecule has 0 saturated carbocycles. The van der Waals surface area contributed by atoms with Gasteiger partial charge in [0.15, 0.2) is 0 Å². The molecule has 0 bridgehead atoms. The van der Waals surface area contributed by atoms with Crippen molar-refractivity contribution in [2.75, 3.05) is 13.6 Å². The maximum atomic E-state index is 10.9. The number of amides is 1. The number of rotatable bonds is 4. The predicted octanol–water partition coefficient (Wildman–Crippen LogP) is 0.115. The molecule has 0 unspecified atom stereocenters. The van der Waals surface area contributed by atoms with Crippen molar-refractivity contribution in [3.8, 4) is 0 Å². The summed E-state index contributed by atoms with van der Waals surface area (Å²) in [6.07, 6.45) is 1.58. The highest BCUT2D eigenvalue weighted by Gasteiger charge is 1.99. The van der Waals surface area contributed by atoms with Gasteiger partial charge in [-0.15, -0.1) is 0 Å². The van der Waals surface area contributed by atoms with E-state index in [1.165, 1.54) is 0 Å². The zero-order chi connectivity index (χ0) is 8.81.